The van der Waals surface area contributed by atoms with E-state index < -0.39 is 0 Å². The molecule has 2 radical (unpaired) electrons. The summed E-state index contributed by atoms with van der Waals surface area (Å²) < 4.78 is 0. The second-order valence-corrected chi connectivity index (χ2v) is 2.45. The summed E-state index contributed by atoms with van der Waals surface area (Å²) in [5.74, 6) is 0.995. The van der Waals surface area contributed by atoms with Crippen LogP contribution < -0.4 is 10.8 Å². The fourth-order valence-electron chi connectivity index (χ4n) is 1.19. The van der Waals surface area contributed by atoms with Crippen LogP contribution >= 0.6 is 0 Å². The highest BCUT2D eigenvalue weighted by Crippen LogP contribution is 2.15. The van der Waals surface area contributed by atoms with Gasteiger partial charge in [0.2, 0.25) is 0 Å². The average molecular weight is 130 g/mol. The van der Waals surface area contributed by atoms with E-state index >= 15 is 0 Å². The minimum Gasteiger partial charge on any atom is -0.370 e. The van der Waals surface area contributed by atoms with E-state index in [1.165, 1.54) is 5.56 Å². The Kier molecular flexibility index (Phi) is 1.16. The quantitative estimate of drug-likeness (QED) is 0.493. The van der Waals surface area contributed by atoms with Crippen molar-refractivity contribution in [1.29, 1.82) is 0 Å². The third-order valence-electron chi connectivity index (χ3n) is 1.67. The van der Waals surface area contributed by atoms with Gasteiger partial charge >= 0.3 is 0 Å². The number of hydrogen-bond acceptors (Lipinski definition) is 2. The second kappa shape index (κ2) is 2.01. The second-order valence-electron chi connectivity index (χ2n) is 2.45. The van der Waals surface area contributed by atoms with Crippen LogP contribution in [0.3, 0.4) is 0 Å². The van der Waals surface area contributed by atoms with E-state index in [-0.39, 0.29) is 0 Å². The van der Waals surface area contributed by atoms with E-state index in [4.69, 9.17) is 7.85 Å². The topological polar surface area (TPSA) is 24.9 Å². The molecule has 1 aromatic rings. The first-order valence-electron chi connectivity index (χ1n) is 3.34. The number of aromatic nitrogens is 1. The third kappa shape index (κ3) is 0.782. The van der Waals surface area contributed by atoms with Crippen LogP contribution in [0.4, 0.5) is 5.82 Å². The molecule has 0 aliphatic carbocycles. The van der Waals surface area contributed by atoms with Gasteiger partial charge in [-0.3, -0.25) is 0 Å². The lowest BCUT2D eigenvalue weighted by atomic mass is 9.97. The van der Waals surface area contributed by atoms with Crippen LogP contribution in [0.25, 0.3) is 0 Å². The van der Waals surface area contributed by atoms with Crippen LogP contribution in [-0.4, -0.2) is 19.4 Å². The molecule has 0 atom stereocenters. The Morgan fingerprint density at radius 1 is 1.60 bits per heavy atom. The maximum absolute atomic E-state index is 5.54. The van der Waals surface area contributed by atoms with E-state index in [9.17, 15) is 0 Å². The lowest BCUT2D eigenvalue weighted by Crippen LogP contribution is -2.04. The molecule has 0 aromatic carbocycles. The lowest BCUT2D eigenvalue weighted by Gasteiger charge is -1.97. The average Bonchev–Trinajstić information content (AvgIpc) is 2.33. The summed E-state index contributed by atoms with van der Waals surface area (Å²) in [6.45, 7) is 0.992. The van der Waals surface area contributed by atoms with E-state index in [1.807, 2.05) is 6.07 Å². The predicted molar refractivity (Wildman–Crippen MR) is 41.8 cm³/mol. The van der Waals surface area contributed by atoms with Gasteiger partial charge in [-0.25, -0.2) is 4.98 Å². The standard InChI is InChI=1S/C7H7BN2/c8-6-3-5-1-2-9-7(5)10-4-6/h3-4H,1-2H2,(H,9,10). The van der Waals surface area contributed by atoms with Crippen LogP contribution in [0, 0.1) is 0 Å². The number of rotatable bonds is 0. The minimum absolute atomic E-state index is 0.752. The molecule has 0 fully saturated rings. The third-order valence-corrected chi connectivity index (χ3v) is 1.67. The molecule has 0 unspecified atom stereocenters. The van der Waals surface area contributed by atoms with Crippen molar-refractivity contribution in [2.45, 2.75) is 6.42 Å². The molecule has 0 amide bonds. The zero-order valence-corrected chi connectivity index (χ0v) is 5.59. The first kappa shape index (κ1) is 5.77. The number of nitrogens with one attached hydrogen (secondary N) is 1. The van der Waals surface area contributed by atoms with E-state index in [0.717, 1.165) is 24.2 Å². The molecule has 0 saturated heterocycles. The highest BCUT2D eigenvalue weighted by Gasteiger charge is 2.09. The summed E-state index contributed by atoms with van der Waals surface area (Å²) >= 11 is 0. The van der Waals surface area contributed by atoms with Gasteiger partial charge in [0.25, 0.3) is 0 Å². The van der Waals surface area contributed by atoms with Crippen molar-refractivity contribution in [2.24, 2.45) is 0 Å². The van der Waals surface area contributed by atoms with Crippen LogP contribution in [0.15, 0.2) is 12.3 Å². The summed E-state index contributed by atoms with van der Waals surface area (Å²) in [6, 6.07) is 1.97. The van der Waals surface area contributed by atoms with Gasteiger partial charge in [0.05, 0.1) is 0 Å². The number of anilines is 1. The first-order valence-corrected chi connectivity index (χ1v) is 3.34. The molecule has 0 saturated carbocycles. The van der Waals surface area contributed by atoms with Crippen LogP contribution in [0.1, 0.15) is 5.56 Å². The lowest BCUT2D eigenvalue weighted by molar-refractivity contribution is 1.11. The molecular formula is C7H7BN2. The first-order chi connectivity index (χ1) is 4.86. The maximum Gasteiger partial charge on any atom is 0.129 e. The van der Waals surface area contributed by atoms with Crippen molar-refractivity contribution in [1.82, 2.24) is 4.98 Å². The molecule has 0 spiro atoms. The summed E-state index contributed by atoms with van der Waals surface area (Å²) in [4.78, 5) is 4.12. The molecule has 2 nitrogen and oxygen atoms in total. The normalized spacial score (nSPS) is 14.4. The maximum atomic E-state index is 5.54. The Morgan fingerprint density at radius 3 is 3.40 bits per heavy atom. The predicted octanol–water partition coefficient (Wildman–Crippen LogP) is -0.157. The zero-order chi connectivity index (χ0) is 6.97. The SMILES string of the molecule is [B]c1cnc2c(c1)CCN2. The fraction of sp³-hybridized carbons (Fsp3) is 0.286. The summed E-state index contributed by atoms with van der Waals surface area (Å²) in [5, 5.41) is 3.16. The molecule has 2 heterocycles. The highest BCUT2D eigenvalue weighted by atomic mass is 15.0. The van der Waals surface area contributed by atoms with Gasteiger partial charge in [-0.1, -0.05) is 11.5 Å². The highest BCUT2D eigenvalue weighted by molar-refractivity contribution is 6.32. The molecule has 2 rings (SSSR count). The van der Waals surface area contributed by atoms with Gasteiger partial charge in [-0.15, -0.1) is 0 Å². The van der Waals surface area contributed by atoms with Crippen LogP contribution in [-0.2, 0) is 6.42 Å². The number of fused-ring (bicyclic) bond motifs is 1. The van der Waals surface area contributed by atoms with Gasteiger partial charge in [0.15, 0.2) is 0 Å². The van der Waals surface area contributed by atoms with Gasteiger partial charge in [-0.05, 0) is 12.0 Å². The monoisotopic (exact) mass is 130 g/mol. The van der Waals surface area contributed by atoms with Crippen LogP contribution in [0.2, 0.25) is 0 Å². The van der Waals surface area contributed by atoms with Crippen molar-refractivity contribution in [2.75, 3.05) is 11.9 Å². The fourth-order valence-corrected chi connectivity index (χ4v) is 1.19. The molecule has 1 aromatic heterocycles. The number of nitrogens with zero attached hydrogens (tertiary/aromatic N) is 1. The smallest absolute Gasteiger partial charge is 0.129 e. The Morgan fingerprint density at radius 2 is 2.50 bits per heavy atom. The molecule has 10 heavy (non-hydrogen) atoms. The van der Waals surface area contributed by atoms with Crippen LogP contribution in [0.5, 0.6) is 0 Å². The van der Waals surface area contributed by atoms with Crippen molar-refractivity contribution >= 4 is 19.1 Å². The summed E-state index contributed by atoms with van der Waals surface area (Å²) in [7, 11) is 5.54. The molecule has 1 aliphatic heterocycles. The Balaban J connectivity index is 2.52. The van der Waals surface area contributed by atoms with Gasteiger partial charge in [0, 0.05) is 12.7 Å². The van der Waals surface area contributed by atoms with E-state index in [0.29, 0.717) is 0 Å². The Bertz CT molecular complexity index is 260. The van der Waals surface area contributed by atoms with Crippen molar-refractivity contribution in [3.8, 4) is 0 Å². The summed E-state index contributed by atoms with van der Waals surface area (Å²) in [6.07, 6.45) is 2.73. The molecule has 0 bridgehead atoms. The van der Waals surface area contributed by atoms with Gasteiger partial charge in [-0.2, -0.15) is 0 Å². The number of pyridine rings is 1. The Labute approximate surface area is 61.1 Å². The van der Waals surface area contributed by atoms with Crippen molar-refractivity contribution in [3.05, 3.63) is 17.8 Å². The van der Waals surface area contributed by atoms with Gasteiger partial charge in [0.1, 0.15) is 13.7 Å². The van der Waals surface area contributed by atoms with Crippen molar-refractivity contribution < 1.29 is 0 Å². The molecule has 48 valence electrons. The Hall–Kier alpha value is -0.985. The zero-order valence-electron chi connectivity index (χ0n) is 5.59. The van der Waals surface area contributed by atoms with E-state index in [2.05, 4.69) is 10.3 Å². The molecule has 3 heteroatoms. The van der Waals surface area contributed by atoms with E-state index in [1.54, 1.807) is 6.20 Å². The minimum atomic E-state index is 0.752. The molecular weight excluding hydrogens is 123 g/mol. The number of hydrogen-bond donors (Lipinski definition) is 1. The molecule has 1 N–H and O–H groups in total. The summed E-state index contributed by atoms with van der Waals surface area (Å²) in [5.41, 5.74) is 1.99. The van der Waals surface area contributed by atoms with Gasteiger partial charge < -0.3 is 5.32 Å². The van der Waals surface area contributed by atoms with Crippen molar-refractivity contribution in [3.63, 3.8) is 0 Å². The largest absolute Gasteiger partial charge is 0.370 e. The molecule has 1 aliphatic rings.